The Labute approximate surface area is 257 Å². The number of nitrogens with one attached hydrogen (secondary N) is 2. The quantitative estimate of drug-likeness (QED) is 0.147. The lowest BCUT2D eigenvalue weighted by atomic mass is 9.87. The van der Waals surface area contributed by atoms with Gasteiger partial charge in [0.05, 0.1) is 20.1 Å². The molecule has 3 atom stereocenters. The predicted molar refractivity (Wildman–Crippen MR) is 163 cm³/mol. The van der Waals surface area contributed by atoms with Crippen LogP contribution in [0.5, 0.6) is 5.75 Å². The summed E-state index contributed by atoms with van der Waals surface area (Å²) in [5.41, 5.74) is 0.280. The minimum atomic E-state index is -4.34. The van der Waals surface area contributed by atoms with E-state index in [1.54, 1.807) is 44.2 Å². The molecule has 0 fully saturated rings. The van der Waals surface area contributed by atoms with Crippen molar-refractivity contribution in [1.82, 2.24) is 10.4 Å². The van der Waals surface area contributed by atoms with Crippen LogP contribution in [0.25, 0.3) is 0 Å². The van der Waals surface area contributed by atoms with Crippen molar-refractivity contribution in [1.29, 1.82) is 0 Å². The minimum Gasteiger partial charge on any atom is -0.469 e. The molecular weight excluding hydrogens is 587 g/mol. The van der Waals surface area contributed by atoms with Crippen molar-refractivity contribution in [2.45, 2.75) is 45.4 Å². The van der Waals surface area contributed by atoms with Crippen LogP contribution in [0.15, 0.2) is 91.0 Å². The molecule has 0 radical (unpaired) electrons. The summed E-state index contributed by atoms with van der Waals surface area (Å²) in [6, 6.07) is 25.4. The number of esters is 2. The zero-order chi connectivity index (χ0) is 32.0. The summed E-state index contributed by atoms with van der Waals surface area (Å²) in [5.74, 6) is -1.73. The summed E-state index contributed by atoms with van der Waals surface area (Å²) in [4.78, 5) is 37.3. The fourth-order valence-electron chi connectivity index (χ4n) is 3.93. The monoisotopic (exact) mass is 626 g/mol. The largest absolute Gasteiger partial charge is 0.469 e. The molecule has 0 bridgehead atoms. The molecule has 0 aliphatic heterocycles. The van der Waals surface area contributed by atoms with Crippen LogP contribution in [-0.4, -0.2) is 55.4 Å². The maximum Gasteiger partial charge on any atom is 0.459 e. The third-order valence-electron chi connectivity index (χ3n) is 6.52. The molecule has 0 spiro atoms. The van der Waals surface area contributed by atoms with Crippen LogP contribution in [-0.2, 0) is 46.0 Å². The second kappa shape index (κ2) is 16.7. The Kier molecular flexibility index (Phi) is 13.1. The fourth-order valence-corrected chi connectivity index (χ4v) is 5.59. The second-order valence-electron chi connectivity index (χ2n) is 10.6. The smallest absolute Gasteiger partial charge is 0.459 e. The van der Waals surface area contributed by atoms with E-state index in [-0.39, 0.29) is 31.7 Å². The Balaban J connectivity index is 1.80. The molecular formula is C32H39N2O9P. The van der Waals surface area contributed by atoms with E-state index in [1.165, 1.54) is 7.11 Å². The zero-order valence-electron chi connectivity index (χ0n) is 25.0. The maximum absolute atomic E-state index is 14.3. The maximum atomic E-state index is 14.3. The highest BCUT2D eigenvalue weighted by Crippen LogP contribution is 2.46. The lowest BCUT2D eigenvalue weighted by molar-refractivity contribution is -0.147. The van der Waals surface area contributed by atoms with Gasteiger partial charge >= 0.3 is 19.7 Å². The van der Waals surface area contributed by atoms with Crippen molar-refractivity contribution in [3.05, 3.63) is 102 Å². The van der Waals surface area contributed by atoms with Crippen molar-refractivity contribution in [3.8, 4) is 5.75 Å². The van der Waals surface area contributed by atoms with Crippen molar-refractivity contribution < 1.29 is 42.6 Å². The number of amides is 1. The Morgan fingerprint density at radius 2 is 1.45 bits per heavy atom. The van der Waals surface area contributed by atoms with Gasteiger partial charge in [0, 0.05) is 12.0 Å². The molecule has 0 aromatic heterocycles. The van der Waals surface area contributed by atoms with Gasteiger partial charge in [0.15, 0.2) is 0 Å². The second-order valence-corrected chi connectivity index (χ2v) is 12.3. The summed E-state index contributed by atoms with van der Waals surface area (Å²) in [6.45, 7) is 2.64. The van der Waals surface area contributed by atoms with Crippen molar-refractivity contribution in [3.63, 3.8) is 0 Å². The summed E-state index contributed by atoms with van der Waals surface area (Å²) in [7, 11) is -3.11. The molecule has 11 nitrogen and oxygen atoms in total. The first kappa shape index (κ1) is 34.5. The number of ether oxygens (including phenoxy) is 2. The van der Waals surface area contributed by atoms with E-state index in [2.05, 4.69) is 15.1 Å². The average molecular weight is 627 g/mol. The van der Waals surface area contributed by atoms with Gasteiger partial charge in [-0.2, -0.15) is 5.09 Å². The molecule has 3 aromatic rings. The Bertz CT molecular complexity index is 1390. The molecule has 0 aliphatic rings. The lowest BCUT2D eigenvalue weighted by Crippen LogP contribution is -2.47. The summed E-state index contributed by atoms with van der Waals surface area (Å²) >= 11 is 0. The molecule has 0 aliphatic carbocycles. The number of carbonyl (C=O) groups is 3. The predicted octanol–water partition coefficient (Wildman–Crippen LogP) is 4.20. The molecule has 3 aromatic carbocycles. The number of para-hydroxylation sites is 1. The van der Waals surface area contributed by atoms with E-state index in [4.69, 9.17) is 13.8 Å². The van der Waals surface area contributed by atoms with Gasteiger partial charge in [-0.3, -0.25) is 18.9 Å². The van der Waals surface area contributed by atoms with Gasteiger partial charge in [0.1, 0.15) is 24.5 Å². The summed E-state index contributed by atoms with van der Waals surface area (Å²) in [5, 5.41) is 16.0. The highest BCUT2D eigenvalue weighted by molar-refractivity contribution is 7.52. The zero-order valence-corrected chi connectivity index (χ0v) is 25.9. The number of hydrogen-bond acceptors (Lipinski definition) is 9. The van der Waals surface area contributed by atoms with Gasteiger partial charge in [-0.25, -0.2) is 4.57 Å². The highest BCUT2D eigenvalue weighted by Gasteiger charge is 2.40. The van der Waals surface area contributed by atoms with Gasteiger partial charge in [0.2, 0.25) is 5.91 Å². The number of rotatable bonds is 17. The standard InChI is InChI=1S/C32H39N2O9P/c1-32(2,29(36)30(37)33-20-19-28(35)40-3)23-42-44(39,43-26-17-11-6-12-18-26)34-27(21-24-13-7-4-8-14-24)31(38)41-22-25-15-9-5-10-16-25/h4-18,27,29,36H,19-23H2,1-3H3,(H,33,37)(H,34,39)/t27-,29-,44?/m0/s1. The van der Waals surface area contributed by atoms with Gasteiger partial charge in [-0.05, 0) is 29.7 Å². The number of carbonyl (C=O) groups excluding carboxylic acids is 3. The Hall–Kier alpha value is -4.02. The van der Waals surface area contributed by atoms with Crippen molar-refractivity contribution in [2.24, 2.45) is 5.41 Å². The number of aliphatic hydroxyl groups is 1. The van der Waals surface area contributed by atoms with E-state index >= 15 is 0 Å². The van der Waals surface area contributed by atoms with E-state index in [0.717, 1.165) is 11.1 Å². The van der Waals surface area contributed by atoms with Crippen LogP contribution in [0.1, 0.15) is 31.4 Å². The Morgan fingerprint density at radius 1 is 0.886 bits per heavy atom. The number of aliphatic hydroxyl groups excluding tert-OH is 1. The first-order valence-corrected chi connectivity index (χ1v) is 15.6. The molecule has 0 saturated heterocycles. The van der Waals surface area contributed by atoms with Crippen LogP contribution in [0.4, 0.5) is 0 Å². The van der Waals surface area contributed by atoms with Gasteiger partial charge in [-0.15, -0.1) is 0 Å². The van der Waals surface area contributed by atoms with E-state index in [9.17, 15) is 24.1 Å². The van der Waals surface area contributed by atoms with Crippen LogP contribution >= 0.6 is 7.75 Å². The van der Waals surface area contributed by atoms with E-state index < -0.39 is 49.8 Å². The number of benzene rings is 3. The number of hydrogen-bond donors (Lipinski definition) is 3. The molecule has 3 N–H and O–H groups in total. The SMILES string of the molecule is COC(=O)CCNC(=O)[C@H](O)C(C)(C)COP(=O)(N[C@@H](Cc1ccccc1)C(=O)OCc1ccccc1)Oc1ccccc1. The van der Waals surface area contributed by atoms with Crippen LogP contribution < -0.4 is 14.9 Å². The first-order valence-electron chi connectivity index (χ1n) is 14.1. The topological polar surface area (TPSA) is 149 Å². The third kappa shape index (κ3) is 11.2. The molecule has 12 heteroatoms. The average Bonchev–Trinajstić information content (AvgIpc) is 3.03. The molecule has 0 heterocycles. The summed E-state index contributed by atoms with van der Waals surface area (Å²) < 4.78 is 36.0. The lowest BCUT2D eigenvalue weighted by Gasteiger charge is -2.32. The van der Waals surface area contributed by atoms with E-state index in [1.807, 2.05) is 60.7 Å². The van der Waals surface area contributed by atoms with Gasteiger partial charge in [-0.1, -0.05) is 92.7 Å². The molecule has 1 amide bonds. The molecule has 236 valence electrons. The van der Waals surface area contributed by atoms with Crippen LogP contribution in [0, 0.1) is 5.41 Å². The molecule has 3 rings (SSSR count). The highest BCUT2D eigenvalue weighted by atomic mass is 31.2. The molecule has 1 unspecified atom stereocenters. The van der Waals surface area contributed by atoms with Crippen LogP contribution in [0.2, 0.25) is 0 Å². The Morgan fingerprint density at radius 3 is 2.05 bits per heavy atom. The van der Waals surface area contributed by atoms with Gasteiger partial charge < -0.3 is 24.4 Å². The first-order chi connectivity index (χ1) is 21.0. The number of methoxy groups -OCH3 is 1. The fraction of sp³-hybridized carbons (Fsp3) is 0.344. The van der Waals surface area contributed by atoms with Crippen molar-refractivity contribution >= 4 is 25.6 Å². The normalized spacial score (nSPS) is 14.0. The van der Waals surface area contributed by atoms with E-state index in [0.29, 0.717) is 0 Å². The van der Waals surface area contributed by atoms with Gasteiger partial charge in [0.25, 0.3) is 0 Å². The third-order valence-corrected chi connectivity index (χ3v) is 8.07. The molecule has 0 saturated carbocycles. The minimum absolute atomic E-state index is 0.00164. The summed E-state index contributed by atoms with van der Waals surface area (Å²) in [6.07, 6.45) is -1.56. The van der Waals surface area contributed by atoms with Crippen molar-refractivity contribution in [2.75, 3.05) is 20.3 Å². The molecule has 44 heavy (non-hydrogen) atoms. The van der Waals surface area contributed by atoms with Crippen LogP contribution in [0.3, 0.4) is 0 Å².